The number of aromatic nitrogens is 1. The number of nitrogens with zero attached hydrogens (tertiary/aromatic N) is 3. The summed E-state index contributed by atoms with van der Waals surface area (Å²) in [5, 5.41) is 13.2. The average molecular weight is 357 g/mol. The molecule has 1 aromatic heterocycles. The highest BCUT2D eigenvalue weighted by atomic mass is 16.5. The van der Waals surface area contributed by atoms with E-state index in [-0.39, 0.29) is 6.04 Å². The Morgan fingerprint density at radius 3 is 2.54 bits per heavy atom. The number of hydrogen-bond donors (Lipinski definition) is 1. The molecule has 0 saturated carbocycles. The molecule has 0 fully saturated rings. The zero-order valence-electron chi connectivity index (χ0n) is 15.8. The monoisotopic (exact) mass is 357 g/mol. The van der Waals surface area contributed by atoms with Crippen LogP contribution >= 0.6 is 0 Å². The minimum Gasteiger partial charge on any atom is -0.472 e. The number of amidine groups is 1. The minimum atomic E-state index is 0.124. The number of aryl methyl sites for hydroxylation is 1. The molecule has 0 aliphatic carbocycles. The Kier molecular flexibility index (Phi) is 7.41. The Bertz CT molecular complexity index is 717. The molecule has 0 aliphatic heterocycles. The van der Waals surface area contributed by atoms with Crippen LogP contribution in [0.15, 0.2) is 47.6 Å². The third-order valence-corrected chi connectivity index (χ3v) is 3.99. The smallest absolute Gasteiger partial charge is 0.225 e. The Hall–Kier alpha value is -2.60. The summed E-state index contributed by atoms with van der Waals surface area (Å²) >= 11 is 0. The number of methoxy groups -OCH3 is 1. The Morgan fingerprint density at radius 1 is 1.19 bits per heavy atom. The maximum Gasteiger partial charge on any atom is 0.225 e. The predicted molar refractivity (Wildman–Crippen MR) is 102 cm³/mol. The summed E-state index contributed by atoms with van der Waals surface area (Å²) in [6.07, 6.45) is 0. The lowest BCUT2D eigenvalue weighted by Gasteiger charge is -2.29. The maximum absolute atomic E-state index is 9.70. The second kappa shape index (κ2) is 9.77. The maximum atomic E-state index is 9.70. The van der Waals surface area contributed by atoms with Crippen LogP contribution in [-0.2, 0) is 11.3 Å². The molecule has 0 unspecified atom stereocenters. The molecular weight excluding hydrogens is 330 g/mol. The fraction of sp³-hybridized carbons (Fsp3) is 0.400. The molecule has 0 bridgehead atoms. The van der Waals surface area contributed by atoms with Crippen molar-refractivity contribution in [2.24, 2.45) is 5.16 Å². The highest BCUT2D eigenvalue weighted by Crippen LogP contribution is 2.21. The van der Waals surface area contributed by atoms with Gasteiger partial charge in [0.05, 0.1) is 12.2 Å². The minimum absolute atomic E-state index is 0.124. The van der Waals surface area contributed by atoms with Crippen LogP contribution in [-0.4, -0.2) is 47.2 Å². The van der Waals surface area contributed by atoms with E-state index in [1.165, 1.54) is 0 Å². The van der Waals surface area contributed by atoms with Crippen LogP contribution in [0, 0.1) is 6.92 Å². The topological polar surface area (TPSA) is 67.2 Å². The molecule has 0 radical (unpaired) electrons. The van der Waals surface area contributed by atoms with E-state index in [0.717, 1.165) is 11.3 Å². The molecule has 1 aromatic carbocycles. The van der Waals surface area contributed by atoms with Gasteiger partial charge in [0, 0.05) is 25.4 Å². The quantitative estimate of drug-likeness (QED) is 0.339. The molecule has 0 saturated heterocycles. The van der Waals surface area contributed by atoms with Gasteiger partial charge < -0.3 is 19.6 Å². The van der Waals surface area contributed by atoms with Crippen molar-refractivity contribution in [2.75, 3.05) is 20.3 Å². The molecule has 1 heterocycles. The van der Waals surface area contributed by atoms with Crippen molar-refractivity contribution >= 4 is 5.84 Å². The van der Waals surface area contributed by atoms with E-state index in [9.17, 15) is 5.21 Å². The van der Waals surface area contributed by atoms with Crippen molar-refractivity contribution in [1.82, 2.24) is 9.88 Å². The lowest BCUT2D eigenvalue weighted by Crippen LogP contribution is -2.40. The van der Waals surface area contributed by atoms with Crippen LogP contribution in [0.4, 0.5) is 0 Å². The fourth-order valence-electron chi connectivity index (χ4n) is 2.60. The van der Waals surface area contributed by atoms with Crippen molar-refractivity contribution in [2.45, 2.75) is 33.4 Å². The average Bonchev–Trinajstić information content (AvgIpc) is 2.64. The summed E-state index contributed by atoms with van der Waals surface area (Å²) in [6, 6.07) is 13.8. The Balaban J connectivity index is 2.31. The number of hydrogen-bond acceptors (Lipinski definition) is 5. The van der Waals surface area contributed by atoms with Gasteiger partial charge in [-0.15, -0.1) is 0 Å². The van der Waals surface area contributed by atoms with Gasteiger partial charge in [-0.05, 0) is 38.5 Å². The van der Waals surface area contributed by atoms with Crippen molar-refractivity contribution in [3.8, 4) is 5.88 Å². The first-order valence-corrected chi connectivity index (χ1v) is 8.69. The zero-order valence-corrected chi connectivity index (χ0v) is 15.8. The van der Waals surface area contributed by atoms with E-state index in [1.54, 1.807) is 7.11 Å². The van der Waals surface area contributed by atoms with E-state index in [2.05, 4.69) is 10.1 Å². The van der Waals surface area contributed by atoms with Gasteiger partial charge in [0.1, 0.15) is 6.61 Å². The Morgan fingerprint density at radius 2 is 1.92 bits per heavy atom. The second-order valence-electron chi connectivity index (χ2n) is 6.28. The first-order valence-electron chi connectivity index (χ1n) is 8.69. The van der Waals surface area contributed by atoms with Crippen LogP contribution in [0.2, 0.25) is 0 Å². The molecule has 140 valence electrons. The third-order valence-electron chi connectivity index (χ3n) is 3.99. The summed E-state index contributed by atoms with van der Waals surface area (Å²) in [5.74, 6) is 0.873. The molecule has 0 atom stereocenters. The molecule has 0 aliphatic rings. The predicted octanol–water partition coefficient (Wildman–Crippen LogP) is 3.46. The van der Waals surface area contributed by atoms with Crippen LogP contribution in [0.25, 0.3) is 0 Å². The first-order chi connectivity index (χ1) is 12.6. The van der Waals surface area contributed by atoms with Gasteiger partial charge in [-0.25, -0.2) is 4.98 Å². The van der Waals surface area contributed by atoms with Crippen LogP contribution in [0.3, 0.4) is 0 Å². The number of ether oxygens (including phenoxy) is 2. The van der Waals surface area contributed by atoms with Crippen molar-refractivity contribution < 1.29 is 14.7 Å². The number of oxime groups is 1. The summed E-state index contributed by atoms with van der Waals surface area (Å²) in [4.78, 5) is 6.47. The second-order valence-corrected chi connectivity index (χ2v) is 6.28. The van der Waals surface area contributed by atoms with Gasteiger partial charge in [0.25, 0.3) is 0 Å². The van der Waals surface area contributed by atoms with Gasteiger partial charge in [-0.3, -0.25) is 0 Å². The Labute approximate surface area is 155 Å². The van der Waals surface area contributed by atoms with Crippen LogP contribution in [0.5, 0.6) is 5.88 Å². The molecule has 1 N–H and O–H groups in total. The van der Waals surface area contributed by atoms with Crippen molar-refractivity contribution in [1.29, 1.82) is 0 Å². The normalized spacial score (nSPS) is 11.7. The number of pyridine rings is 1. The summed E-state index contributed by atoms with van der Waals surface area (Å²) in [6.45, 7) is 7.49. The molecule has 6 nitrogen and oxygen atoms in total. The largest absolute Gasteiger partial charge is 0.472 e. The van der Waals surface area contributed by atoms with Crippen LogP contribution in [0.1, 0.15) is 30.7 Å². The lowest BCUT2D eigenvalue weighted by molar-refractivity contribution is 0.164. The highest BCUT2D eigenvalue weighted by molar-refractivity contribution is 6.00. The van der Waals surface area contributed by atoms with Gasteiger partial charge in [0.2, 0.25) is 5.88 Å². The van der Waals surface area contributed by atoms with Gasteiger partial charge in [-0.2, -0.15) is 0 Å². The van der Waals surface area contributed by atoms with E-state index >= 15 is 0 Å². The molecule has 26 heavy (non-hydrogen) atoms. The molecular formula is C20H27N3O3. The number of benzene rings is 1. The van der Waals surface area contributed by atoms with E-state index < -0.39 is 0 Å². The van der Waals surface area contributed by atoms with E-state index in [1.807, 2.05) is 68.1 Å². The summed E-state index contributed by atoms with van der Waals surface area (Å²) in [5.41, 5.74) is 2.53. The van der Waals surface area contributed by atoms with E-state index in [0.29, 0.717) is 37.0 Å². The highest BCUT2D eigenvalue weighted by Gasteiger charge is 2.22. The molecule has 2 rings (SSSR count). The molecule has 0 amide bonds. The van der Waals surface area contributed by atoms with Crippen molar-refractivity contribution in [3.63, 3.8) is 0 Å². The van der Waals surface area contributed by atoms with Crippen LogP contribution < -0.4 is 4.74 Å². The first kappa shape index (κ1) is 19.7. The number of rotatable bonds is 8. The van der Waals surface area contributed by atoms with Crippen molar-refractivity contribution in [3.05, 3.63) is 59.3 Å². The zero-order chi connectivity index (χ0) is 18.9. The van der Waals surface area contributed by atoms with Gasteiger partial charge >= 0.3 is 0 Å². The standard InChI is InChI=1S/C20H27N3O3/c1-15(2)23(12-13-25-4)19(22-24)18-11-10-16(3)21-20(18)26-14-17-8-6-5-7-9-17/h5-11,15,24H,12-14H2,1-4H3/b22-19-. The van der Waals surface area contributed by atoms with E-state index in [4.69, 9.17) is 9.47 Å². The van der Waals surface area contributed by atoms with Gasteiger partial charge in [-0.1, -0.05) is 35.5 Å². The summed E-state index contributed by atoms with van der Waals surface area (Å²) < 4.78 is 11.1. The van der Waals surface area contributed by atoms with Gasteiger partial charge in [0.15, 0.2) is 5.84 Å². The SMILES string of the molecule is COCCN(/C(=N\O)c1ccc(C)nc1OCc1ccccc1)C(C)C. The summed E-state index contributed by atoms with van der Waals surface area (Å²) in [7, 11) is 1.65. The third kappa shape index (κ3) is 5.20. The fourth-order valence-corrected chi connectivity index (χ4v) is 2.60. The molecule has 0 spiro atoms. The molecule has 6 heteroatoms. The lowest BCUT2D eigenvalue weighted by atomic mass is 10.1. The molecule has 2 aromatic rings.